The first-order valence-corrected chi connectivity index (χ1v) is 8.66. The molecule has 0 saturated carbocycles. The van der Waals surface area contributed by atoms with E-state index in [4.69, 9.17) is 5.14 Å². The molecule has 2 rings (SSSR count). The second kappa shape index (κ2) is 6.38. The number of hydrogen-bond donors (Lipinski definition) is 2. The molecule has 0 bridgehead atoms. The third-order valence-corrected chi connectivity index (χ3v) is 5.39. The molecule has 1 unspecified atom stereocenters. The van der Waals surface area contributed by atoms with Crippen molar-refractivity contribution in [1.29, 1.82) is 0 Å². The van der Waals surface area contributed by atoms with E-state index in [1.807, 2.05) is 11.9 Å². The van der Waals surface area contributed by atoms with E-state index >= 15 is 0 Å². The lowest BCUT2D eigenvalue weighted by atomic mass is 9.95. The number of piperidine rings is 2. The predicted molar refractivity (Wildman–Crippen MR) is 76.1 cm³/mol. The van der Waals surface area contributed by atoms with E-state index in [1.165, 1.54) is 4.31 Å². The second-order valence-electron chi connectivity index (χ2n) is 5.63. The van der Waals surface area contributed by atoms with Gasteiger partial charge in [-0.25, -0.2) is 5.14 Å². The van der Waals surface area contributed by atoms with Crippen molar-refractivity contribution in [2.45, 2.75) is 31.7 Å². The van der Waals surface area contributed by atoms with E-state index in [1.54, 1.807) is 0 Å². The van der Waals surface area contributed by atoms with Crippen LogP contribution in [0.5, 0.6) is 0 Å². The number of likely N-dealkylation sites (tertiary alicyclic amines) is 1. The molecule has 2 aliphatic heterocycles. The molecule has 7 nitrogen and oxygen atoms in total. The highest BCUT2D eigenvalue weighted by Gasteiger charge is 2.33. The minimum atomic E-state index is -3.61. The number of rotatable bonds is 3. The lowest BCUT2D eigenvalue weighted by Crippen LogP contribution is -2.51. The van der Waals surface area contributed by atoms with Crippen LogP contribution in [-0.4, -0.2) is 62.8 Å². The predicted octanol–water partition coefficient (Wildman–Crippen LogP) is -0.888. The highest BCUT2D eigenvalue weighted by Crippen LogP contribution is 2.22. The van der Waals surface area contributed by atoms with Crippen LogP contribution >= 0.6 is 0 Å². The van der Waals surface area contributed by atoms with E-state index < -0.39 is 10.2 Å². The van der Waals surface area contributed by atoms with E-state index in [0.717, 1.165) is 25.9 Å². The molecule has 0 aromatic rings. The summed E-state index contributed by atoms with van der Waals surface area (Å²) in [5.74, 6) is 0.0997. The highest BCUT2D eigenvalue weighted by atomic mass is 32.2. The monoisotopic (exact) mass is 304 g/mol. The summed E-state index contributed by atoms with van der Waals surface area (Å²) in [4.78, 5) is 14.4. The average molecular weight is 304 g/mol. The molecule has 3 N–H and O–H groups in total. The molecule has 8 heteroatoms. The molecule has 0 aromatic carbocycles. The molecule has 0 spiro atoms. The molecule has 2 fully saturated rings. The maximum absolute atomic E-state index is 12.5. The fraction of sp³-hybridized carbons (Fsp3) is 0.917. The van der Waals surface area contributed by atoms with Gasteiger partial charge in [0, 0.05) is 38.1 Å². The van der Waals surface area contributed by atoms with Gasteiger partial charge in [0.15, 0.2) is 0 Å². The number of nitrogens with one attached hydrogen (secondary N) is 1. The van der Waals surface area contributed by atoms with Gasteiger partial charge in [-0.15, -0.1) is 0 Å². The Morgan fingerprint density at radius 3 is 2.40 bits per heavy atom. The Labute approximate surface area is 120 Å². The van der Waals surface area contributed by atoms with Gasteiger partial charge in [0.05, 0.1) is 0 Å². The van der Waals surface area contributed by atoms with Crippen LogP contribution in [0.4, 0.5) is 0 Å². The van der Waals surface area contributed by atoms with Crippen molar-refractivity contribution in [3.05, 3.63) is 0 Å². The minimum absolute atomic E-state index is 0.0661. The van der Waals surface area contributed by atoms with Crippen LogP contribution in [0.25, 0.3) is 0 Å². The van der Waals surface area contributed by atoms with Crippen molar-refractivity contribution < 1.29 is 13.2 Å². The van der Waals surface area contributed by atoms with Crippen LogP contribution in [-0.2, 0) is 15.0 Å². The molecule has 2 saturated heterocycles. The van der Waals surface area contributed by atoms with Gasteiger partial charge in [-0.3, -0.25) is 4.79 Å². The smallest absolute Gasteiger partial charge is 0.276 e. The number of likely N-dealkylation sites (N-methyl/N-ethyl adjacent to an activating group) is 1. The van der Waals surface area contributed by atoms with Crippen molar-refractivity contribution >= 4 is 16.1 Å². The van der Waals surface area contributed by atoms with Crippen molar-refractivity contribution in [2.75, 3.05) is 33.2 Å². The Hall–Kier alpha value is -0.700. The van der Waals surface area contributed by atoms with Crippen LogP contribution in [0.3, 0.4) is 0 Å². The Morgan fingerprint density at radius 2 is 1.85 bits per heavy atom. The molecule has 0 aromatic heterocycles. The van der Waals surface area contributed by atoms with Gasteiger partial charge in [0.1, 0.15) is 0 Å². The van der Waals surface area contributed by atoms with Crippen LogP contribution in [0.15, 0.2) is 0 Å². The fourth-order valence-corrected chi connectivity index (χ4v) is 3.75. The van der Waals surface area contributed by atoms with Crippen LogP contribution < -0.4 is 10.5 Å². The van der Waals surface area contributed by atoms with Crippen LogP contribution in [0, 0.1) is 5.92 Å². The summed E-state index contributed by atoms with van der Waals surface area (Å²) < 4.78 is 23.7. The molecule has 116 valence electrons. The van der Waals surface area contributed by atoms with Crippen LogP contribution in [0.2, 0.25) is 0 Å². The van der Waals surface area contributed by atoms with Gasteiger partial charge in [0.2, 0.25) is 5.91 Å². The summed E-state index contributed by atoms with van der Waals surface area (Å²) in [6, 6.07) is 0.372. The molecule has 20 heavy (non-hydrogen) atoms. The van der Waals surface area contributed by atoms with Crippen LogP contribution in [0.1, 0.15) is 25.7 Å². The van der Waals surface area contributed by atoms with Crippen molar-refractivity contribution in [2.24, 2.45) is 11.1 Å². The standard InChI is InChI=1S/C12H24N4O3S/c1-14-11-3-2-6-15(9-11)12(17)10-4-7-16(8-5-10)20(13,18)19/h10-11,14H,2-9H2,1H3,(H2,13,18,19). The molecule has 2 heterocycles. The Kier molecular flexibility index (Phi) is 5.00. The quantitative estimate of drug-likeness (QED) is 0.707. The zero-order valence-electron chi connectivity index (χ0n) is 11.9. The molecular weight excluding hydrogens is 280 g/mol. The van der Waals surface area contributed by atoms with E-state index in [2.05, 4.69) is 5.32 Å². The van der Waals surface area contributed by atoms with E-state index in [0.29, 0.717) is 32.0 Å². The summed E-state index contributed by atoms with van der Waals surface area (Å²) >= 11 is 0. The topological polar surface area (TPSA) is 95.7 Å². The van der Waals surface area contributed by atoms with Crippen molar-refractivity contribution in [3.8, 4) is 0 Å². The maximum atomic E-state index is 12.5. The molecule has 0 radical (unpaired) electrons. The Morgan fingerprint density at radius 1 is 1.20 bits per heavy atom. The molecule has 1 amide bonds. The number of hydrogen-bond acceptors (Lipinski definition) is 4. The first kappa shape index (κ1) is 15.7. The van der Waals surface area contributed by atoms with Gasteiger partial charge in [-0.1, -0.05) is 0 Å². The fourth-order valence-electron chi connectivity index (χ4n) is 3.03. The van der Waals surface area contributed by atoms with Gasteiger partial charge in [0.25, 0.3) is 10.2 Å². The summed E-state index contributed by atoms with van der Waals surface area (Å²) in [6.07, 6.45) is 3.25. The normalized spacial score (nSPS) is 26.7. The van der Waals surface area contributed by atoms with Crippen molar-refractivity contribution in [1.82, 2.24) is 14.5 Å². The molecule has 0 aliphatic carbocycles. The summed E-state index contributed by atoms with van der Waals surface area (Å²) in [7, 11) is -1.69. The summed E-state index contributed by atoms with van der Waals surface area (Å²) in [5, 5.41) is 8.33. The third kappa shape index (κ3) is 3.69. The number of nitrogens with two attached hydrogens (primary N) is 1. The number of carbonyl (C=O) groups excluding carboxylic acids is 1. The molecular formula is C12H24N4O3S. The Bertz CT molecular complexity index is 446. The number of carbonyl (C=O) groups is 1. The zero-order valence-corrected chi connectivity index (χ0v) is 12.7. The zero-order chi connectivity index (χ0) is 14.8. The number of amides is 1. The second-order valence-corrected chi connectivity index (χ2v) is 7.18. The van der Waals surface area contributed by atoms with E-state index in [9.17, 15) is 13.2 Å². The molecule has 1 atom stereocenters. The van der Waals surface area contributed by atoms with Gasteiger partial charge in [-0.2, -0.15) is 12.7 Å². The van der Waals surface area contributed by atoms with E-state index in [-0.39, 0.29) is 11.8 Å². The van der Waals surface area contributed by atoms with Gasteiger partial charge < -0.3 is 10.2 Å². The highest BCUT2D eigenvalue weighted by molar-refractivity contribution is 7.86. The first-order chi connectivity index (χ1) is 9.41. The lowest BCUT2D eigenvalue weighted by Gasteiger charge is -2.37. The minimum Gasteiger partial charge on any atom is -0.341 e. The summed E-state index contributed by atoms with van der Waals surface area (Å²) in [5.41, 5.74) is 0. The average Bonchev–Trinajstić information content (AvgIpc) is 2.46. The van der Waals surface area contributed by atoms with Gasteiger partial charge in [-0.05, 0) is 32.7 Å². The third-order valence-electron chi connectivity index (χ3n) is 4.30. The molecule has 2 aliphatic rings. The SMILES string of the molecule is CNC1CCCN(C(=O)C2CCN(S(N)(=O)=O)CC2)C1. The first-order valence-electron chi connectivity index (χ1n) is 7.15. The lowest BCUT2D eigenvalue weighted by molar-refractivity contribution is -0.138. The summed E-state index contributed by atoms with van der Waals surface area (Å²) in [6.45, 7) is 2.26. The number of nitrogens with zero attached hydrogens (tertiary/aromatic N) is 2. The Balaban J connectivity index is 1.88. The van der Waals surface area contributed by atoms with Crippen molar-refractivity contribution in [3.63, 3.8) is 0 Å². The maximum Gasteiger partial charge on any atom is 0.276 e. The largest absolute Gasteiger partial charge is 0.341 e. The van der Waals surface area contributed by atoms with Gasteiger partial charge >= 0.3 is 0 Å².